The maximum Gasteiger partial charge on any atom is 0.125 e. The molecular weight excluding hydrogens is 314 g/mol. The Balaban J connectivity index is 2.27. The minimum Gasteiger partial charge on any atom is -0.265 e. The van der Waals surface area contributed by atoms with Crippen LogP contribution in [0, 0.1) is 19.8 Å². The van der Waals surface area contributed by atoms with E-state index in [-0.39, 0.29) is 5.25 Å². The van der Waals surface area contributed by atoms with Gasteiger partial charge in [-0.1, -0.05) is 31.9 Å². The number of hydrogen-bond donors (Lipinski definition) is 0. The van der Waals surface area contributed by atoms with Crippen LogP contribution in [0.3, 0.4) is 0 Å². The number of halogens is 1. The van der Waals surface area contributed by atoms with Crippen molar-refractivity contribution in [3.05, 3.63) is 52.3 Å². The highest BCUT2D eigenvalue weighted by atomic mass is 35.5. The minimum atomic E-state index is 0.270. The second kappa shape index (κ2) is 7.93. The van der Waals surface area contributed by atoms with E-state index in [0.717, 1.165) is 29.4 Å². The van der Waals surface area contributed by atoms with Gasteiger partial charge in [0, 0.05) is 18.1 Å². The summed E-state index contributed by atoms with van der Waals surface area (Å²) in [7, 11) is 0. The molecule has 5 heteroatoms. The Bertz CT molecular complexity index is 619. The molecular formula is C17H22ClN3S. The van der Waals surface area contributed by atoms with Crippen LogP contribution in [-0.2, 0) is 5.75 Å². The van der Waals surface area contributed by atoms with E-state index in [1.807, 2.05) is 38.0 Å². The van der Waals surface area contributed by atoms with Crippen LogP contribution >= 0.6 is 23.4 Å². The molecule has 2 aromatic rings. The summed E-state index contributed by atoms with van der Waals surface area (Å²) in [5.74, 6) is 2.21. The molecule has 0 aliphatic heterocycles. The Kier molecular flexibility index (Phi) is 6.21. The summed E-state index contributed by atoms with van der Waals surface area (Å²) in [5.41, 5.74) is 3.11. The van der Waals surface area contributed by atoms with Crippen molar-refractivity contribution in [3.63, 3.8) is 0 Å². The van der Waals surface area contributed by atoms with Gasteiger partial charge in [-0.15, -0.1) is 11.8 Å². The zero-order valence-corrected chi connectivity index (χ0v) is 15.1. The van der Waals surface area contributed by atoms with Gasteiger partial charge in [0.1, 0.15) is 5.82 Å². The molecule has 2 atom stereocenters. The fraction of sp³-hybridized carbons (Fsp3) is 0.471. The lowest BCUT2D eigenvalue weighted by molar-refractivity contribution is 0.539. The van der Waals surface area contributed by atoms with Gasteiger partial charge in [0.2, 0.25) is 0 Å². The molecule has 118 valence electrons. The highest BCUT2D eigenvalue weighted by Crippen LogP contribution is 2.41. The third-order valence-electron chi connectivity index (χ3n) is 3.76. The molecule has 2 aromatic heterocycles. The van der Waals surface area contributed by atoms with Crippen molar-refractivity contribution in [2.24, 2.45) is 5.92 Å². The van der Waals surface area contributed by atoms with Crippen molar-refractivity contribution in [3.8, 4) is 0 Å². The highest BCUT2D eigenvalue weighted by molar-refractivity contribution is 7.98. The number of pyridine rings is 1. The van der Waals surface area contributed by atoms with E-state index in [9.17, 15) is 0 Å². The lowest BCUT2D eigenvalue weighted by Crippen LogP contribution is -2.11. The molecule has 0 aliphatic carbocycles. The maximum absolute atomic E-state index is 6.49. The van der Waals surface area contributed by atoms with E-state index in [1.54, 1.807) is 0 Å². The van der Waals surface area contributed by atoms with Gasteiger partial charge < -0.3 is 0 Å². The van der Waals surface area contributed by atoms with Crippen LogP contribution in [0.1, 0.15) is 48.3 Å². The van der Waals surface area contributed by atoms with Crippen LogP contribution in [0.25, 0.3) is 0 Å². The van der Waals surface area contributed by atoms with Gasteiger partial charge in [-0.2, -0.15) is 0 Å². The molecule has 0 amide bonds. The Hall–Kier alpha value is -1.13. The predicted octanol–water partition coefficient (Wildman–Crippen LogP) is 5.16. The van der Waals surface area contributed by atoms with Crippen molar-refractivity contribution in [2.75, 3.05) is 0 Å². The van der Waals surface area contributed by atoms with Gasteiger partial charge in [0.25, 0.3) is 0 Å². The minimum absolute atomic E-state index is 0.270. The molecule has 0 saturated carbocycles. The van der Waals surface area contributed by atoms with Crippen molar-refractivity contribution in [1.82, 2.24) is 15.0 Å². The lowest BCUT2D eigenvalue weighted by atomic mass is 10.0. The van der Waals surface area contributed by atoms with Gasteiger partial charge >= 0.3 is 0 Å². The fourth-order valence-electron chi connectivity index (χ4n) is 2.31. The average molecular weight is 336 g/mol. The van der Waals surface area contributed by atoms with Crippen LogP contribution in [-0.4, -0.2) is 15.0 Å². The zero-order valence-electron chi connectivity index (χ0n) is 13.5. The lowest BCUT2D eigenvalue weighted by Gasteiger charge is -2.24. The summed E-state index contributed by atoms with van der Waals surface area (Å²) in [6.45, 7) is 8.34. The highest BCUT2D eigenvalue weighted by Gasteiger charge is 2.24. The Morgan fingerprint density at radius 3 is 2.50 bits per heavy atom. The van der Waals surface area contributed by atoms with Crippen molar-refractivity contribution in [2.45, 2.75) is 45.1 Å². The van der Waals surface area contributed by atoms with Gasteiger partial charge in [0.15, 0.2) is 0 Å². The molecule has 0 aliphatic rings. The molecule has 0 spiro atoms. The average Bonchev–Trinajstić information content (AvgIpc) is 2.52. The summed E-state index contributed by atoms with van der Waals surface area (Å²) < 4.78 is 0. The van der Waals surface area contributed by atoms with Crippen LogP contribution in [0.15, 0.2) is 24.5 Å². The molecule has 2 rings (SSSR count). The molecule has 3 nitrogen and oxygen atoms in total. The number of hydrogen-bond acceptors (Lipinski definition) is 4. The normalized spacial score (nSPS) is 13.9. The van der Waals surface area contributed by atoms with Crippen molar-refractivity contribution < 1.29 is 0 Å². The van der Waals surface area contributed by atoms with Gasteiger partial charge in [0.05, 0.1) is 21.7 Å². The molecule has 0 saturated heterocycles. The third-order valence-corrected chi connectivity index (χ3v) is 5.78. The summed E-state index contributed by atoms with van der Waals surface area (Å²) in [4.78, 5) is 13.1. The van der Waals surface area contributed by atoms with Gasteiger partial charge in [-0.05, 0) is 37.5 Å². The molecule has 0 N–H and O–H groups in total. The first-order valence-electron chi connectivity index (χ1n) is 7.54. The first-order valence-corrected chi connectivity index (χ1v) is 8.96. The third kappa shape index (κ3) is 4.20. The molecule has 0 fully saturated rings. The Labute approximate surface area is 141 Å². The molecule has 2 heterocycles. The van der Waals surface area contributed by atoms with Crippen molar-refractivity contribution in [1.29, 1.82) is 0 Å². The SMILES string of the molecule is CCC(C)C(SCc1ccncc1)c1nc(C)nc(C)c1Cl. The first kappa shape index (κ1) is 17.2. The monoisotopic (exact) mass is 335 g/mol. The largest absolute Gasteiger partial charge is 0.265 e. The van der Waals surface area contributed by atoms with Gasteiger partial charge in [-0.25, -0.2) is 9.97 Å². The number of aromatic nitrogens is 3. The van der Waals surface area contributed by atoms with Crippen LogP contribution in [0.2, 0.25) is 5.02 Å². The maximum atomic E-state index is 6.49. The summed E-state index contributed by atoms with van der Waals surface area (Å²) in [6.07, 6.45) is 4.76. The van der Waals surface area contributed by atoms with Gasteiger partial charge in [-0.3, -0.25) is 4.98 Å². The quantitative estimate of drug-likeness (QED) is 0.730. The Morgan fingerprint density at radius 2 is 1.86 bits per heavy atom. The fourth-order valence-corrected chi connectivity index (χ4v) is 3.99. The molecule has 22 heavy (non-hydrogen) atoms. The summed E-state index contributed by atoms with van der Waals surface area (Å²) >= 11 is 8.38. The van der Waals surface area contributed by atoms with Crippen LogP contribution in [0.4, 0.5) is 0 Å². The van der Waals surface area contributed by atoms with E-state index in [1.165, 1.54) is 5.56 Å². The molecule has 0 radical (unpaired) electrons. The standard InChI is InChI=1S/C17H22ClN3S/c1-5-11(2)17(22-10-14-6-8-19-9-7-14)16-15(18)12(3)20-13(4)21-16/h6-9,11,17H,5,10H2,1-4H3. The van der Waals surface area contributed by atoms with E-state index < -0.39 is 0 Å². The Morgan fingerprint density at radius 1 is 1.18 bits per heavy atom. The number of nitrogens with zero attached hydrogens (tertiary/aromatic N) is 3. The zero-order chi connectivity index (χ0) is 16.1. The summed E-state index contributed by atoms with van der Waals surface area (Å²) in [5, 5.41) is 0.976. The number of rotatable bonds is 6. The van der Waals surface area contributed by atoms with E-state index in [4.69, 9.17) is 11.6 Å². The smallest absolute Gasteiger partial charge is 0.125 e. The second-order valence-corrected chi connectivity index (χ2v) is 7.04. The molecule has 0 bridgehead atoms. The van der Waals surface area contributed by atoms with Crippen LogP contribution < -0.4 is 0 Å². The second-order valence-electron chi connectivity index (χ2n) is 5.53. The number of aryl methyl sites for hydroxylation is 2. The number of thioether (sulfide) groups is 1. The molecule has 0 aromatic carbocycles. The molecule has 2 unspecified atom stereocenters. The van der Waals surface area contributed by atoms with E-state index in [0.29, 0.717) is 10.9 Å². The van der Waals surface area contributed by atoms with Crippen LogP contribution in [0.5, 0.6) is 0 Å². The topological polar surface area (TPSA) is 38.7 Å². The van der Waals surface area contributed by atoms with Crippen molar-refractivity contribution >= 4 is 23.4 Å². The first-order chi connectivity index (χ1) is 10.5. The predicted molar refractivity (Wildman–Crippen MR) is 94.2 cm³/mol. The van der Waals surface area contributed by atoms with E-state index >= 15 is 0 Å². The van der Waals surface area contributed by atoms with E-state index in [2.05, 4.69) is 40.9 Å². The summed E-state index contributed by atoms with van der Waals surface area (Å²) in [6, 6.07) is 4.11.